The molecule has 0 saturated heterocycles. The van der Waals surface area contributed by atoms with Crippen LogP contribution in [0.2, 0.25) is 0 Å². The molecule has 156 valence electrons. The van der Waals surface area contributed by atoms with Gasteiger partial charge in [-0.05, 0) is 49.2 Å². The number of hydrogen-bond donors (Lipinski definition) is 2. The van der Waals surface area contributed by atoms with Gasteiger partial charge in [0.15, 0.2) is 6.61 Å². The van der Waals surface area contributed by atoms with Crippen molar-refractivity contribution >= 4 is 22.8 Å². The average Bonchev–Trinajstić information content (AvgIpc) is 2.73. The Morgan fingerprint density at radius 2 is 1.87 bits per heavy atom. The smallest absolute Gasteiger partial charge is 0.336 e. The third kappa shape index (κ3) is 4.43. The molecule has 8 nitrogen and oxygen atoms in total. The van der Waals surface area contributed by atoms with Crippen LogP contribution in [0.4, 0.5) is 0 Å². The molecule has 0 aliphatic carbocycles. The highest BCUT2D eigenvalue weighted by Crippen LogP contribution is 2.33. The maximum absolute atomic E-state index is 12.2. The molecule has 0 spiro atoms. The fourth-order valence-corrected chi connectivity index (χ4v) is 3.00. The summed E-state index contributed by atoms with van der Waals surface area (Å²) in [6, 6.07) is 11.1. The number of carboxylic acid groups (broad SMARTS) is 1. The van der Waals surface area contributed by atoms with Gasteiger partial charge in [0, 0.05) is 17.0 Å². The zero-order valence-electron chi connectivity index (χ0n) is 16.7. The molecule has 0 aliphatic rings. The second kappa shape index (κ2) is 8.69. The van der Waals surface area contributed by atoms with Crippen molar-refractivity contribution in [2.45, 2.75) is 19.9 Å². The number of amides is 1. The standard InChI is InChI=1S/C22H21NO7/c1-12-18(29-11-19(24)23-13(2)22(26)27)9-8-16-17(10-20(25)30-21(12)16)14-4-6-15(28-3)7-5-14/h4-10,13H,11H2,1-3H3,(H,23,24)(H,26,27)/t13-/m0/s1. The third-order valence-corrected chi connectivity index (χ3v) is 4.62. The molecule has 0 aliphatic heterocycles. The molecule has 0 radical (unpaired) electrons. The number of nitrogens with one attached hydrogen (secondary N) is 1. The molecule has 3 rings (SSSR count). The van der Waals surface area contributed by atoms with Crippen molar-refractivity contribution in [2.24, 2.45) is 0 Å². The second-order valence-corrected chi connectivity index (χ2v) is 6.69. The summed E-state index contributed by atoms with van der Waals surface area (Å²) in [6.07, 6.45) is 0. The molecule has 8 heteroatoms. The first-order valence-corrected chi connectivity index (χ1v) is 9.17. The quantitative estimate of drug-likeness (QED) is 0.575. The predicted molar refractivity (Wildman–Crippen MR) is 110 cm³/mol. The number of methoxy groups -OCH3 is 1. The van der Waals surface area contributed by atoms with E-state index >= 15 is 0 Å². The van der Waals surface area contributed by atoms with Crippen molar-refractivity contribution in [2.75, 3.05) is 13.7 Å². The Morgan fingerprint density at radius 1 is 1.17 bits per heavy atom. The summed E-state index contributed by atoms with van der Waals surface area (Å²) >= 11 is 0. The SMILES string of the molecule is COc1ccc(-c2cc(=O)oc3c(C)c(OCC(=O)N[C@@H](C)C(=O)O)ccc23)cc1. The number of aryl methyl sites for hydroxylation is 1. The zero-order valence-corrected chi connectivity index (χ0v) is 16.7. The molecule has 2 N–H and O–H groups in total. The van der Waals surface area contributed by atoms with Crippen molar-refractivity contribution in [3.8, 4) is 22.6 Å². The minimum Gasteiger partial charge on any atom is -0.497 e. The number of carboxylic acids is 1. The minimum absolute atomic E-state index is 0.352. The van der Waals surface area contributed by atoms with Crippen molar-refractivity contribution < 1.29 is 28.6 Å². The first-order chi connectivity index (χ1) is 14.3. The lowest BCUT2D eigenvalue weighted by Crippen LogP contribution is -2.40. The molecule has 0 bridgehead atoms. The van der Waals surface area contributed by atoms with E-state index in [9.17, 15) is 14.4 Å². The average molecular weight is 411 g/mol. The number of rotatable bonds is 7. The van der Waals surface area contributed by atoms with Gasteiger partial charge in [-0.25, -0.2) is 4.79 Å². The van der Waals surface area contributed by atoms with Crippen LogP contribution in [0.5, 0.6) is 11.5 Å². The summed E-state index contributed by atoms with van der Waals surface area (Å²) < 4.78 is 16.1. The van der Waals surface area contributed by atoms with Crippen LogP contribution in [0.3, 0.4) is 0 Å². The Morgan fingerprint density at radius 3 is 2.50 bits per heavy atom. The number of fused-ring (bicyclic) bond motifs is 1. The van der Waals surface area contributed by atoms with E-state index in [2.05, 4.69) is 5.32 Å². The molecule has 1 aromatic heterocycles. The molecular formula is C22H21NO7. The normalized spacial score (nSPS) is 11.7. The molecule has 0 unspecified atom stereocenters. The van der Waals surface area contributed by atoms with E-state index in [4.69, 9.17) is 19.0 Å². The minimum atomic E-state index is -1.14. The van der Waals surface area contributed by atoms with Crippen LogP contribution in [0.15, 0.2) is 51.7 Å². The van der Waals surface area contributed by atoms with Crippen LogP contribution in [-0.2, 0) is 9.59 Å². The van der Waals surface area contributed by atoms with Crippen LogP contribution in [0.25, 0.3) is 22.1 Å². The van der Waals surface area contributed by atoms with E-state index in [0.29, 0.717) is 33.6 Å². The first-order valence-electron chi connectivity index (χ1n) is 9.17. The lowest BCUT2D eigenvalue weighted by atomic mass is 10.00. The van der Waals surface area contributed by atoms with E-state index in [1.165, 1.54) is 13.0 Å². The third-order valence-electron chi connectivity index (χ3n) is 4.62. The molecule has 2 aromatic carbocycles. The number of carbonyl (C=O) groups is 2. The summed E-state index contributed by atoms with van der Waals surface area (Å²) in [5.41, 5.74) is 1.92. The highest BCUT2D eigenvalue weighted by atomic mass is 16.5. The number of aliphatic carboxylic acids is 1. The van der Waals surface area contributed by atoms with Crippen LogP contribution >= 0.6 is 0 Å². The summed E-state index contributed by atoms with van der Waals surface area (Å²) in [4.78, 5) is 34.9. The van der Waals surface area contributed by atoms with Crippen molar-refractivity contribution in [3.63, 3.8) is 0 Å². The van der Waals surface area contributed by atoms with E-state index in [1.807, 2.05) is 12.1 Å². The highest BCUT2D eigenvalue weighted by Gasteiger charge is 2.16. The van der Waals surface area contributed by atoms with Gasteiger partial charge in [-0.3, -0.25) is 9.59 Å². The number of hydrogen-bond acceptors (Lipinski definition) is 6. The fourth-order valence-electron chi connectivity index (χ4n) is 3.00. The van der Waals surface area contributed by atoms with Gasteiger partial charge < -0.3 is 24.3 Å². The Balaban J connectivity index is 1.91. The molecule has 3 aromatic rings. The molecule has 1 heterocycles. The van der Waals surface area contributed by atoms with Crippen molar-refractivity contribution in [3.05, 3.63) is 58.4 Å². The molecular weight excluding hydrogens is 390 g/mol. The van der Waals surface area contributed by atoms with Gasteiger partial charge in [-0.1, -0.05) is 12.1 Å². The summed E-state index contributed by atoms with van der Waals surface area (Å²) in [5, 5.41) is 11.9. The summed E-state index contributed by atoms with van der Waals surface area (Å²) in [7, 11) is 1.58. The zero-order chi connectivity index (χ0) is 21.8. The topological polar surface area (TPSA) is 115 Å². The van der Waals surface area contributed by atoms with Gasteiger partial charge >= 0.3 is 11.6 Å². The molecule has 1 atom stereocenters. The van der Waals surface area contributed by atoms with Gasteiger partial charge in [0.25, 0.3) is 5.91 Å². The van der Waals surface area contributed by atoms with Crippen LogP contribution in [0, 0.1) is 6.92 Å². The number of benzene rings is 2. The maximum Gasteiger partial charge on any atom is 0.336 e. The van der Waals surface area contributed by atoms with Crippen LogP contribution < -0.4 is 20.4 Å². The highest BCUT2D eigenvalue weighted by molar-refractivity contribution is 5.95. The largest absolute Gasteiger partial charge is 0.497 e. The van der Waals surface area contributed by atoms with Crippen LogP contribution in [0.1, 0.15) is 12.5 Å². The van der Waals surface area contributed by atoms with Crippen molar-refractivity contribution in [1.29, 1.82) is 0 Å². The monoisotopic (exact) mass is 411 g/mol. The number of carbonyl (C=O) groups excluding carboxylic acids is 1. The Hall–Kier alpha value is -3.81. The van der Waals surface area contributed by atoms with E-state index in [1.54, 1.807) is 38.3 Å². The van der Waals surface area contributed by atoms with Gasteiger partial charge in [0.1, 0.15) is 23.1 Å². The Labute approximate surface area is 172 Å². The molecule has 1 amide bonds. The summed E-state index contributed by atoms with van der Waals surface area (Å²) in [5.74, 6) is -0.653. The maximum atomic E-state index is 12.2. The first kappa shape index (κ1) is 20.9. The molecule has 0 fully saturated rings. The lowest BCUT2D eigenvalue weighted by Gasteiger charge is -2.13. The molecule has 30 heavy (non-hydrogen) atoms. The lowest BCUT2D eigenvalue weighted by molar-refractivity contribution is -0.141. The Bertz CT molecular complexity index is 1150. The van der Waals surface area contributed by atoms with Gasteiger partial charge in [0.05, 0.1) is 7.11 Å². The second-order valence-electron chi connectivity index (χ2n) is 6.69. The van der Waals surface area contributed by atoms with Crippen LogP contribution in [-0.4, -0.2) is 36.7 Å². The molecule has 0 saturated carbocycles. The van der Waals surface area contributed by atoms with Gasteiger partial charge in [0.2, 0.25) is 0 Å². The van der Waals surface area contributed by atoms with Gasteiger partial charge in [-0.15, -0.1) is 0 Å². The van der Waals surface area contributed by atoms with E-state index in [-0.39, 0.29) is 6.61 Å². The Kier molecular flexibility index (Phi) is 6.06. The predicted octanol–water partition coefficient (Wildman–Crippen LogP) is 2.75. The van der Waals surface area contributed by atoms with E-state index in [0.717, 1.165) is 5.56 Å². The van der Waals surface area contributed by atoms with E-state index < -0.39 is 23.5 Å². The van der Waals surface area contributed by atoms with Crippen molar-refractivity contribution in [1.82, 2.24) is 5.32 Å². The summed E-state index contributed by atoms with van der Waals surface area (Å²) in [6.45, 7) is 2.71. The van der Waals surface area contributed by atoms with Gasteiger partial charge in [-0.2, -0.15) is 0 Å². The number of ether oxygens (including phenoxy) is 2. The fraction of sp³-hybridized carbons (Fsp3) is 0.227.